The number of nitrogens with zero attached hydrogens (tertiary/aromatic N) is 1. The van der Waals surface area contributed by atoms with Gasteiger partial charge in [0.15, 0.2) is 0 Å². The molecule has 0 aromatic rings. The molecular formula is C14H27N3O3. The lowest BCUT2D eigenvalue weighted by molar-refractivity contribution is 0.0485. The highest BCUT2D eigenvalue weighted by Gasteiger charge is 2.25. The second kappa shape index (κ2) is 6.81. The molecule has 1 rings (SSSR count). The van der Waals surface area contributed by atoms with Gasteiger partial charge < -0.3 is 20.3 Å². The van der Waals surface area contributed by atoms with Gasteiger partial charge in [-0.05, 0) is 47.5 Å². The fourth-order valence-electron chi connectivity index (χ4n) is 2.04. The number of rotatable bonds is 2. The number of ether oxygens (including phenoxy) is 1. The number of hydrogen-bond acceptors (Lipinski definition) is 3. The molecule has 0 aromatic heterocycles. The molecule has 6 heteroatoms. The molecule has 0 radical (unpaired) electrons. The number of nitrogens with one attached hydrogen (secondary N) is 2. The highest BCUT2D eigenvalue weighted by molar-refractivity contribution is 5.74. The number of carbonyl (C=O) groups excluding carboxylic acids is 2. The minimum absolute atomic E-state index is 0.0317. The maximum atomic E-state index is 11.8. The van der Waals surface area contributed by atoms with E-state index >= 15 is 0 Å². The molecule has 1 aliphatic heterocycles. The van der Waals surface area contributed by atoms with Crippen LogP contribution in [0.1, 0.15) is 47.5 Å². The van der Waals surface area contributed by atoms with Crippen molar-refractivity contribution < 1.29 is 14.3 Å². The molecule has 0 atom stereocenters. The minimum atomic E-state index is -0.484. The number of carbonyl (C=O) groups is 2. The first-order valence-corrected chi connectivity index (χ1v) is 7.22. The molecule has 1 aliphatic rings. The lowest BCUT2D eigenvalue weighted by atomic mass is 10.1. The van der Waals surface area contributed by atoms with Gasteiger partial charge in [0.2, 0.25) is 0 Å². The number of urea groups is 1. The molecule has 0 aliphatic carbocycles. The number of likely N-dealkylation sites (tertiary alicyclic amines) is 1. The van der Waals surface area contributed by atoms with Crippen molar-refractivity contribution >= 4 is 12.1 Å². The van der Waals surface area contributed by atoms with Crippen molar-refractivity contribution in [2.45, 2.75) is 65.1 Å². The number of piperidine rings is 1. The number of alkyl carbamates (subject to hydrolysis) is 1. The van der Waals surface area contributed by atoms with Crippen LogP contribution in [0, 0.1) is 0 Å². The van der Waals surface area contributed by atoms with Crippen LogP contribution in [-0.2, 0) is 4.74 Å². The summed E-state index contributed by atoms with van der Waals surface area (Å²) in [5.74, 6) is 0. The van der Waals surface area contributed by atoms with Crippen LogP contribution in [0.25, 0.3) is 0 Å². The van der Waals surface area contributed by atoms with E-state index in [0.717, 1.165) is 12.8 Å². The summed E-state index contributed by atoms with van der Waals surface area (Å²) >= 11 is 0. The lowest BCUT2D eigenvalue weighted by Gasteiger charge is -2.33. The Hall–Kier alpha value is -1.46. The second-order valence-electron chi connectivity index (χ2n) is 6.51. The Balaban J connectivity index is 2.32. The van der Waals surface area contributed by atoms with Gasteiger partial charge in [-0.2, -0.15) is 0 Å². The summed E-state index contributed by atoms with van der Waals surface area (Å²) in [4.78, 5) is 25.3. The minimum Gasteiger partial charge on any atom is -0.444 e. The molecule has 3 amide bonds. The SMILES string of the molecule is CC(C)NC(=O)N1CCC(NC(=O)OC(C)(C)C)CC1. The fourth-order valence-corrected chi connectivity index (χ4v) is 2.04. The van der Waals surface area contributed by atoms with E-state index < -0.39 is 5.60 Å². The molecule has 20 heavy (non-hydrogen) atoms. The Morgan fingerprint density at radius 3 is 2.20 bits per heavy atom. The first kappa shape index (κ1) is 16.6. The summed E-state index contributed by atoms with van der Waals surface area (Å²) in [7, 11) is 0. The van der Waals surface area contributed by atoms with Crippen molar-refractivity contribution in [2.24, 2.45) is 0 Å². The first-order chi connectivity index (χ1) is 9.17. The van der Waals surface area contributed by atoms with Crippen molar-refractivity contribution in [1.82, 2.24) is 15.5 Å². The number of hydrogen-bond donors (Lipinski definition) is 2. The third-order valence-corrected chi connectivity index (χ3v) is 2.92. The third kappa shape index (κ3) is 6.12. The van der Waals surface area contributed by atoms with Crippen LogP contribution >= 0.6 is 0 Å². The van der Waals surface area contributed by atoms with Gasteiger partial charge in [0.05, 0.1) is 0 Å². The average molecular weight is 285 g/mol. The molecule has 2 N–H and O–H groups in total. The predicted molar refractivity (Wildman–Crippen MR) is 77.6 cm³/mol. The predicted octanol–water partition coefficient (Wildman–Crippen LogP) is 2.09. The van der Waals surface area contributed by atoms with E-state index in [1.54, 1.807) is 4.90 Å². The highest BCUT2D eigenvalue weighted by Crippen LogP contribution is 2.12. The Kier molecular flexibility index (Phi) is 5.65. The van der Waals surface area contributed by atoms with Gasteiger partial charge in [-0.15, -0.1) is 0 Å². The molecule has 1 saturated heterocycles. The zero-order valence-corrected chi connectivity index (χ0v) is 13.2. The maximum Gasteiger partial charge on any atom is 0.407 e. The summed E-state index contributed by atoms with van der Waals surface area (Å²) in [6.07, 6.45) is 1.12. The molecular weight excluding hydrogens is 258 g/mol. The zero-order chi connectivity index (χ0) is 15.3. The topological polar surface area (TPSA) is 70.7 Å². The van der Waals surface area contributed by atoms with Crippen molar-refractivity contribution in [3.63, 3.8) is 0 Å². The highest BCUT2D eigenvalue weighted by atomic mass is 16.6. The van der Waals surface area contributed by atoms with Gasteiger partial charge in [-0.1, -0.05) is 0 Å². The van der Waals surface area contributed by atoms with E-state index in [9.17, 15) is 9.59 Å². The quantitative estimate of drug-likeness (QED) is 0.816. The van der Waals surface area contributed by atoms with Gasteiger partial charge in [-0.25, -0.2) is 9.59 Å². The molecule has 0 bridgehead atoms. The van der Waals surface area contributed by atoms with Crippen molar-refractivity contribution in [1.29, 1.82) is 0 Å². The van der Waals surface area contributed by atoms with Crippen molar-refractivity contribution in [3.8, 4) is 0 Å². The summed E-state index contributed by atoms with van der Waals surface area (Å²) in [5.41, 5.74) is -0.484. The third-order valence-electron chi connectivity index (χ3n) is 2.92. The van der Waals surface area contributed by atoms with Crippen molar-refractivity contribution in [3.05, 3.63) is 0 Å². The lowest BCUT2D eigenvalue weighted by Crippen LogP contribution is -2.51. The smallest absolute Gasteiger partial charge is 0.407 e. The largest absolute Gasteiger partial charge is 0.444 e. The average Bonchev–Trinajstić information content (AvgIpc) is 2.26. The molecule has 6 nitrogen and oxygen atoms in total. The molecule has 0 aromatic carbocycles. The van der Waals surface area contributed by atoms with Gasteiger partial charge >= 0.3 is 12.1 Å². The van der Waals surface area contributed by atoms with Gasteiger partial charge in [0, 0.05) is 25.2 Å². The molecule has 0 spiro atoms. The number of amides is 3. The second-order valence-corrected chi connectivity index (χ2v) is 6.51. The van der Waals surface area contributed by atoms with Crippen LogP contribution in [0.3, 0.4) is 0 Å². The van der Waals surface area contributed by atoms with Gasteiger partial charge in [0.25, 0.3) is 0 Å². The van der Waals surface area contributed by atoms with E-state index in [2.05, 4.69) is 10.6 Å². The Morgan fingerprint density at radius 2 is 1.75 bits per heavy atom. The van der Waals surface area contributed by atoms with Crippen LogP contribution in [0.4, 0.5) is 9.59 Å². The van der Waals surface area contributed by atoms with Gasteiger partial charge in [0.1, 0.15) is 5.60 Å². The van der Waals surface area contributed by atoms with E-state index in [1.807, 2.05) is 34.6 Å². The molecule has 0 unspecified atom stereocenters. The van der Waals surface area contributed by atoms with E-state index in [4.69, 9.17) is 4.74 Å². The van der Waals surface area contributed by atoms with E-state index in [1.165, 1.54) is 0 Å². The fraction of sp³-hybridized carbons (Fsp3) is 0.857. The Labute approximate surface area is 121 Å². The summed E-state index contributed by atoms with van der Waals surface area (Å²) in [6, 6.07) is 0.184. The monoisotopic (exact) mass is 285 g/mol. The van der Waals surface area contributed by atoms with Crippen molar-refractivity contribution in [2.75, 3.05) is 13.1 Å². The van der Waals surface area contributed by atoms with E-state index in [-0.39, 0.29) is 24.2 Å². The van der Waals surface area contributed by atoms with Crippen LogP contribution in [0.5, 0.6) is 0 Å². The Morgan fingerprint density at radius 1 is 1.20 bits per heavy atom. The molecule has 116 valence electrons. The first-order valence-electron chi connectivity index (χ1n) is 7.22. The summed E-state index contributed by atoms with van der Waals surface area (Å²) in [6.45, 7) is 10.7. The standard InChI is InChI=1S/C14H27N3O3/c1-10(2)15-12(18)17-8-6-11(7-9-17)16-13(19)20-14(3,4)5/h10-11H,6-9H2,1-5H3,(H,15,18)(H,16,19). The van der Waals surface area contributed by atoms with Crippen LogP contribution < -0.4 is 10.6 Å². The summed E-state index contributed by atoms with van der Waals surface area (Å²) in [5, 5.41) is 5.73. The Bertz CT molecular complexity index is 342. The summed E-state index contributed by atoms with van der Waals surface area (Å²) < 4.78 is 5.22. The molecule has 1 fully saturated rings. The zero-order valence-electron chi connectivity index (χ0n) is 13.2. The molecule has 0 saturated carbocycles. The van der Waals surface area contributed by atoms with Crippen LogP contribution in [0.15, 0.2) is 0 Å². The van der Waals surface area contributed by atoms with Crippen LogP contribution in [-0.4, -0.2) is 47.8 Å². The normalized spacial score (nSPS) is 17.0. The van der Waals surface area contributed by atoms with Crippen LogP contribution in [0.2, 0.25) is 0 Å². The van der Waals surface area contributed by atoms with E-state index in [0.29, 0.717) is 13.1 Å². The molecule has 1 heterocycles. The maximum absolute atomic E-state index is 11.8. The van der Waals surface area contributed by atoms with Gasteiger partial charge in [-0.3, -0.25) is 0 Å².